The van der Waals surface area contributed by atoms with Crippen LogP contribution >= 0.6 is 0 Å². The SMILES string of the molecule is c1ccc(-c2ccc(N(c3ccc(-c4ccccc4)cc3)c3ccc4c(c3)oc3cc(-c5cc6ccc7cccc8oc(c5)c6c78)ccc34)cc2)cc1. The van der Waals surface area contributed by atoms with Gasteiger partial charge in [0.1, 0.15) is 22.3 Å². The zero-order chi connectivity index (χ0) is 34.9. The second-order valence-electron chi connectivity index (χ2n) is 13.7. The van der Waals surface area contributed by atoms with Crippen LogP contribution in [-0.2, 0) is 0 Å². The summed E-state index contributed by atoms with van der Waals surface area (Å²) in [7, 11) is 0. The lowest BCUT2D eigenvalue weighted by molar-refractivity contribution is 0.668. The quantitative estimate of drug-likeness (QED) is 0.164. The van der Waals surface area contributed by atoms with Gasteiger partial charge in [0.05, 0.1) is 0 Å². The number of anilines is 3. The maximum atomic E-state index is 6.67. The molecule has 11 aromatic rings. The van der Waals surface area contributed by atoms with Crippen molar-refractivity contribution in [3.63, 3.8) is 0 Å². The minimum absolute atomic E-state index is 0.847. The first kappa shape index (κ1) is 29.6. The van der Waals surface area contributed by atoms with E-state index in [4.69, 9.17) is 8.83 Å². The van der Waals surface area contributed by atoms with Crippen molar-refractivity contribution in [2.45, 2.75) is 0 Å². The molecule has 0 saturated carbocycles. The number of hydrogen-bond donors (Lipinski definition) is 0. The van der Waals surface area contributed by atoms with E-state index >= 15 is 0 Å². The standard InChI is InChI=1S/C50H31NO2/c1-3-8-32(9-4-1)34-16-21-40(22-17-34)51(41-23-18-35(19-24-41)33-10-5-2-6-11-33)42-25-27-44-43-26-20-37(29-46(43)53-47(44)31-42)39-28-38-15-14-36-12-7-13-45-49(36)50(38)48(30-39)52-45/h1-31H. The molecule has 0 aliphatic heterocycles. The largest absolute Gasteiger partial charge is 0.456 e. The number of benzene rings is 9. The molecule has 0 spiro atoms. The molecule has 0 amide bonds. The molecular formula is C50H31NO2. The average Bonchev–Trinajstić information content (AvgIpc) is 3.79. The van der Waals surface area contributed by atoms with Crippen LogP contribution in [0.2, 0.25) is 0 Å². The summed E-state index contributed by atoms with van der Waals surface area (Å²) in [6.45, 7) is 0. The molecule has 0 fully saturated rings. The van der Waals surface area contributed by atoms with Crippen LogP contribution in [0.25, 0.3) is 88.0 Å². The van der Waals surface area contributed by atoms with Crippen LogP contribution in [0, 0.1) is 0 Å². The first-order valence-electron chi connectivity index (χ1n) is 18.0. The van der Waals surface area contributed by atoms with E-state index in [1.807, 2.05) is 0 Å². The summed E-state index contributed by atoms with van der Waals surface area (Å²) in [5.74, 6) is 0. The first-order valence-corrected chi connectivity index (χ1v) is 18.0. The van der Waals surface area contributed by atoms with E-state index < -0.39 is 0 Å². The van der Waals surface area contributed by atoms with E-state index in [1.54, 1.807) is 0 Å². The normalized spacial score (nSPS) is 11.8. The molecule has 248 valence electrons. The van der Waals surface area contributed by atoms with Gasteiger partial charge in [0, 0.05) is 44.7 Å². The van der Waals surface area contributed by atoms with Crippen molar-refractivity contribution < 1.29 is 8.83 Å². The van der Waals surface area contributed by atoms with Gasteiger partial charge in [-0.05, 0) is 111 Å². The van der Waals surface area contributed by atoms with Gasteiger partial charge in [0.2, 0.25) is 0 Å². The van der Waals surface area contributed by atoms with Gasteiger partial charge in [-0.25, -0.2) is 0 Å². The van der Waals surface area contributed by atoms with Crippen molar-refractivity contribution in [3.8, 4) is 33.4 Å². The molecule has 0 atom stereocenters. The molecule has 0 saturated heterocycles. The van der Waals surface area contributed by atoms with Gasteiger partial charge in [-0.1, -0.05) is 115 Å². The Morgan fingerprint density at radius 3 is 1.47 bits per heavy atom. The molecular weight excluding hydrogens is 647 g/mol. The van der Waals surface area contributed by atoms with Gasteiger partial charge in [0.15, 0.2) is 0 Å². The molecule has 2 aromatic heterocycles. The highest BCUT2D eigenvalue weighted by Gasteiger charge is 2.18. The Morgan fingerprint density at radius 1 is 0.283 bits per heavy atom. The van der Waals surface area contributed by atoms with Crippen molar-refractivity contribution >= 4 is 71.7 Å². The van der Waals surface area contributed by atoms with Crippen LogP contribution in [0.3, 0.4) is 0 Å². The highest BCUT2D eigenvalue weighted by atomic mass is 16.3. The summed E-state index contributed by atoms with van der Waals surface area (Å²) in [6.07, 6.45) is 0. The molecule has 0 bridgehead atoms. The lowest BCUT2D eigenvalue weighted by Crippen LogP contribution is -2.09. The van der Waals surface area contributed by atoms with Crippen molar-refractivity contribution in [1.29, 1.82) is 0 Å². The van der Waals surface area contributed by atoms with Crippen LogP contribution in [-0.4, -0.2) is 0 Å². The Labute approximate surface area is 305 Å². The minimum atomic E-state index is 0.847. The fourth-order valence-corrected chi connectivity index (χ4v) is 8.02. The van der Waals surface area contributed by atoms with Gasteiger partial charge < -0.3 is 13.7 Å². The second kappa shape index (κ2) is 11.7. The fraction of sp³-hybridized carbons (Fsp3) is 0. The Bertz CT molecular complexity index is 3000. The van der Waals surface area contributed by atoms with Crippen molar-refractivity contribution in [2.75, 3.05) is 4.90 Å². The molecule has 11 rings (SSSR count). The van der Waals surface area contributed by atoms with Crippen molar-refractivity contribution in [1.82, 2.24) is 0 Å². The Balaban J connectivity index is 1.00. The average molecular weight is 678 g/mol. The number of rotatable bonds is 6. The van der Waals surface area contributed by atoms with Crippen molar-refractivity contribution in [2.24, 2.45) is 0 Å². The zero-order valence-electron chi connectivity index (χ0n) is 28.7. The lowest BCUT2D eigenvalue weighted by Gasteiger charge is -2.26. The summed E-state index contributed by atoms with van der Waals surface area (Å²) in [4.78, 5) is 2.30. The third-order valence-corrected chi connectivity index (χ3v) is 10.6. The summed E-state index contributed by atoms with van der Waals surface area (Å²) in [6, 6.07) is 66.7. The van der Waals surface area contributed by atoms with Gasteiger partial charge in [0.25, 0.3) is 0 Å². The third kappa shape index (κ3) is 4.90. The Kier molecular flexibility index (Phi) is 6.55. The van der Waals surface area contributed by atoms with Crippen LogP contribution < -0.4 is 4.90 Å². The van der Waals surface area contributed by atoms with Crippen molar-refractivity contribution in [3.05, 3.63) is 188 Å². The van der Waals surface area contributed by atoms with E-state index in [9.17, 15) is 0 Å². The number of fused-ring (bicyclic) bond motifs is 3. The molecule has 9 aromatic carbocycles. The van der Waals surface area contributed by atoms with Gasteiger partial charge >= 0.3 is 0 Å². The van der Waals surface area contributed by atoms with Crippen LogP contribution in [0.5, 0.6) is 0 Å². The molecule has 0 N–H and O–H groups in total. The topological polar surface area (TPSA) is 29.5 Å². The molecule has 0 unspecified atom stereocenters. The molecule has 3 heteroatoms. The summed E-state index contributed by atoms with van der Waals surface area (Å²) in [5, 5.41) is 6.95. The molecule has 0 radical (unpaired) electrons. The highest BCUT2D eigenvalue weighted by Crippen LogP contribution is 2.42. The first-order chi connectivity index (χ1) is 26.2. The lowest BCUT2D eigenvalue weighted by atomic mass is 9.97. The zero-order valence-corrected chi connectivity index (χ0v) is 28.7. The van der Waals surface area contributed by atoms with E-state index in [2.05, 4.69) is 193 Å². The molecule has 53 heavy (non-hydrogen) atoms. The summed E-state index contributed by atoms with van der Waals surface area (Å²) < 4.78 is 13.0. The summed E-state index contributed by atoms with van der Waals surface area (Å²) in [5.41, 5.74) is 13.7. The smallest absolute Gasteiger partial charge is 0.137 e. The number of furan rings is 2. The Morgan fingerprint density at radius 2 is 0.792 bits per heavy atom. The highest BCUT2D eigenvalue weighted by molar-refractivity contribution is 6.22. The van der Waals surface area contributed by atoms with Gasteiger partial charge in [-0.15, -0.1) is 0 Å². The number of hydrogen-bond acceptors (Lipinski definition) is 3. The van der Waals surface area contributed by atoms with Crippen LogP contribution in [0.15, 0.2) is 197 Å². The number of nitrogens with zero attached hydrogens (tertiary/aromatic N) is 1. The Hall–Kier alpha value is -7.10. The van der Waals surface area contributed by atoms with E-state index in [-0.39, 0.29) is 0 Å². The third-order valence-electron chi connectivity index (χ3n) is 10.6. The second-order valence-corrected chi connectivity index (χ2v) is 13.7. The molecule has 0 aliphatic rings. The molecule has 2 heterocycles. The van der Waals surface area contributed by atoms with E-state index in [0.29, 0.717) is 0 Å². The monoisotopic (exact) mass is 677 g/mol. The van der Waals surface area contributed by atoms with Gasteiger partial charge in [-0.3, -0.25) is 0 Å². The maximum Gasteiger partial charge on any atom is 0.137 e. The van der Waals surface area contributed by atoms with Crippen LogP contribution in [0.1, 0.15) is 0 Å². The molecule has 0 aliphatic carbocycles. The maximum absolute atomic E-state index is 6.67. The van der Waals surface area contributed by atoms with E-state index in [1.165, 1.54) is 43.8 Å². The van der Waals surface area contributed by atoms with E-state index in [0.717, 1.165) is 61.3 Å². The predicted molar refractivity (Wildman–Crippen MR) is 221 cm³/mol. The molecule has 3 nitrogen and oxygen atoms in total. The van der Waals surface area contributed by atoms with Crippen LogP contribution in [0.4, 0.5) is 17.1 Å². The minimum Gasteiger partial charge on any atom is -0.456 e. The fourth-order valence-electron chi connectivity index (χ4n) is 8.02. The predicted octanol–water partition coefficient (Wildman–Crippen LogP) is 14.5. The van der Waals surface area contributed by atoms with Gasteiger partial charge in [-0.2, -0.15) is 0 Å². The summed E-state index contributed by atoms with van der Waals surface area (Å²) >= 11 is 0.